The molecule has 0 unspecified atom stereocenters. The largest absolute Gasteiger partial charge is 0.504 e. The Morgan fingerprint density at radius 3 is 2.09 bits per heavy atom. The zero-order valence-electron chi connectivity index (χ0n) is 16.6. The molecule has 0 aromatic heterocycles. The number of nitrogens with zero attached hydrogens (tertiary/aromatic N) is 3. The minimum Gasteiger partial charge on any atom is -0.504 e. The van der Waals surface area contributed by atoms with Gasteiger partial charge in [0.1, 0.15) is 10.6 Å². The summed E-state index contributed by atoms with van der Waals surface area (Å²) in [6.07, 6.45) is 0. The van der Waals surface area contributed by atoms with Crippen LogP contribution in [-0.4, -0.2) is 95.1 Å². The number of hydrogen-bond acceptors (Lipinski definition) is 9. The molecule has 0 heterocycles. The van der Waals surface area contributed by atoms with Crippen LogP contribution < -0.4 is 0 Å². The van der Waals surface area contributed by atoms with Crippen molar-refractivity contribution in [3.05, 3.63) is 58.6 Å². The molecule has 0 aliphatic rings. The Kier molecular flexibility index (Phi) is 9.51. The van der Waals surface area contributed by atoms with Gasteiger partial charge in [-0.1, -0.05) is 12.1 Å². The van der Waals surface area contributed by atoms with Crippen LogP contribution in [-0.2, 0) is 20.2 Å². The maximum atomic E-state index is 11.6. The van der Waals surface area contributed by atoms with Gasteiger partial charge in [0, 0.05) is 76.6 Å². The van der Waals surface area contributed by atoms with Gasteiger partial charge in [-0.25, -0.2) is 0 Å². The third-order valence-electron chi connectivity index (χ3n) is 3.90. The Balaban J connectivity index is 0.00000256. The molecular formula is C16H11N3Na2O9S2. The predicted molar refractivity (Wildman–Crippen MR) is 114 cm³/mol. The summed E-state index contributed by atoms with van der Waals surface area (Å²) in [4.78, 5) is 8.65. The van der Waals surface area contributed by atoms with Gasteiger partial charge in [-0.15, -0.1) is 5.11 Å². The van der Waals surface area contributed by atoms with Gasteiger partial charge < -0.3 is 5.11 Å². The van der Waals surface area contributed by atoms with E-state index >= 15 is 0 Å². The minimum atomic E-state index is -4.95. The summed E-state index contributed by atoms with van der Waals surface area (Å²) < 4.78 is 64.5. The van der Waals surface area contributed by atoms with Crippen molar-refractivity contribution in [1.82, 2.24) is 0 Å². The van der Waals surface area contributed by atoms with Crippen LogP contribution in [0.4, 0.5) is 17.1 Å². The monoisotopic (exact) mass is 499 g/mol. The van der Waals surface area contributed by atoms with Crippen molar-refractivity contribution < 1.29 is 36.0 Å². The maximum absolute atomic E-state index is 11.6. The average molecular weight is 499 g/mol. The van der Waals surface area contributed by atoms with Crippen LogP contribution >= 0.6 is 0 Å². The van der Waals surface area contributed by atoms with Crippen LogP contribution in [0.25, 0.3) is 10.8 Å². The summed E-state index contributed by atoms with van der Waals surface area (Å²) in [5, 5.41) is 28.6. The number of benzene rings is 3. The Hall–Kier alpha value is -1.46. The van der Waals surface area contributed by atoms with Gasteiger partial charge in [-0.3, -0.25) is 19.2 Å². The van der Waals surface area contributed by atoms with E-state index in [1.54, 1.807) is 0 Å². The summed E-state index contributed by atoms with van der Waals surface area (Å²) in [5.41, 5.74) is -0.734. The van der Waals surface area contributed by atoms with Gasteiger partial charge in [-0.05, 0) is 29.7 Å². The molecule has 0 fully saturated rings. The molecular weight excluding hydrogens is 488 g/mol. The molecule has 3 aromatic carbocycles. The van der Waals surface area contributed by atoms with Gasteiger partial charge in [0.05, 0.1) is 15.5 Å². The number of azo groups is 1. The number of phenols is 1. The van der Waals surface area contributed by atoms with Crippen LogP contribution in [0, 0.1) is 10.1 Å². The van der Waals surface area contributed by atoms with Crippen molar-refractivity contribution in [2.45, 2.75) is 9.79 Å². The molecule has 0 aliphatic carbocycles. The number of non-ortho nitro benzene ring substituents is 1. The van der Waals surface area contributed by atoms with E-state index in [0.717, 1.165) is 30.3 Å². The van der Waals surface area contributed by atoms with E-state index in [9.17, 15) is 41.2 Å². The first-order chi connectivity index (χ1) is 13.9. The molecule has 0 aliphatic heterocycles. The molecule has 3 rings (SSSR count). The molecule has 3 N–H and O–H groups in total. The first-order valence-corrected chi connectivity index (χ1v) is 10.7. The molecule has 3 aromatic rings. The second kappa shape index (κ2) is 10.6. The first-order valence-electron chi connectivity index (χ1n) is 7.79. The van der Waals surface area contributed by atoms with Crippen molar-refractivity contribution in [3.8, 4) is 5.75 Å². The fraction of sp³-hybridized carbons (Fsp3) is 0. The van der Waals surface area contributed by atoms with Gasteiger partial charge in [-0.2, -0.15) is 21.9 Å². The van der Waals surface area contributed by atoms with E-state index in [2.05, 4.69) is 10.2 Å². The zero-order valence-corrected chi connectivity index (χ0v) is 22.2. The molecule has 0 atom stereocenters. The Labute approximate surface area is 225 Å². The Morgan fingerprint density at radius 2 is 1.53 bits per heavy atom. The molecule has 0 amide bonds. The van der Waals surface area contributed by atoms with Gasteiger partial charge in [0.2, 0.25) is 0 Å². The molecule has 0 bridgehead atoms. The van der Waals surface area contributed by atoms with Crippen molar-refractivity contribution >= 4 is 107 Å². The number of nitro benzene ring substituents is 1. The summed E-state index contributed by atoms with van der Waals surface area (Å²) in [5.74, 6) is -0.973. The molecule has 0 spiro atoms. The third-order valence-corrected chi connectivity index (χ3v) is 5.62. The smallest absolute Gasteiger partial charge is 0.298 e. The maximum Gasteiger partial charge on any atom is 0.298 e. The normalized spacial score (nSPS) is 11.7. The van der Waals surface area contributed by atoms with E-state index in [1.165, 1.54) is 18.2 Å². The van der Waals surface area contributed by atoms with E-state index in [-0.39, 0.29) is 81.3 Å². The number of hydrogen-bond donors (Lipinski definition) is 3. The van der Waals surface area contributed by atoms with Crippen LogP contribution in [0.1, 0.15) is 0 Å². The second-order valence-corrected chi connectivity index (χ2v) is 8.69. The molecule has 32 heavy (non-hydrogen) atoms. The van der Waals surface area contributed by atoms with Crippen molar-refractivity contribution in [2.75, 3.05) is 0 Å². The second-order valence-electron chi connectivity index (χ2n) is 5.88. The summed E-state index contributed by atoms with van der Waals surface area (Å²) in [6, 6.07) is 8.79. The van der Waals surface area contributed by atoms with Gasteiger partial charge >= 0.3 is 0 Å². The third kappa shape index (κ3) is 6.32. The van der Waals surface area contributed by atoms with E-state index in [4.69, 9.17) is 0 Å². The molecule has 2 radical (unpaired) electrons. The molecule has 0 saturated carbocycles. The number of aromatic hydroxyl groups is 1. The Morgan fingerprint density at radius 1 is 0.875 bits per heavy atom. The predicted octanol–water partition coefficient (Wildman–Crippen LogP) is 2.60. The summed E-state index contributed by atoms with van der Waals surface area (Å²) in [6.45, 7) is 0. The van der Waals surface area contributed by atoms with Gasteiger partial charge in [0.25, 0.3) is 25.9 Å². The SMILES string of the molecule is O=[N+]([O-])c1cccc(N=Nc2c(O)c(S(=O)(=O)O)cc3cc(S(=O)(=O)O)ccc23)c1.[Na].[Na]. The van der Waals surface area contributed by atoms with Crippen LogP contribution in [0.5, 0.6) is 5.75 Å². The number of rotatable bonds is 5. The summed E-state index contributed by atoms with van der Waals surface area (Å²) >= 11 is 0. The van der Waals surface area contributed by atoms with Gasteiger partial charge in [0.15, 0.2) is 5.75 Å². The summed E-state index contributed by atoms with van der Waals surface area (Å²) in [7, 11) is -9.58. The van der Waals surface area contributed by atoms with Crippen LogP contribution in [0.2, 0.25) is 0 Å². The number of phenolic OH excluding ortho intramolecular Hbond substituents is 1. The Bertz CT molecular complexity index is 1440. The number of nitro groups is 1. The minimum absolute atomic E-state index is 0. The average Bonchev–Trinajstić information content (AvgIpc) is 2.65. The fourth-order valence-electron chi connectivity index (χ4n) is 2.56. The van der Waals surface area contributed by atoms with Crippen LogP contribution in [0.3, 0.4) is 0 Å². The molecule has 158 valence electrons. The molecule has 0 saturated heterocycles. The van der Waals surface area contributed by atoms with E-state index < -0.39 is 46.4 Å². The van der Waals surface area contributed by atoms with E-state index in [0.29, 0.717) is 0 Å². The van der Waals surface area contributed by atoms with Crippen molar-refractivity contribution in [1.29, 1.82) is 0 Å². The number of fused-ring (bicyclic) bond motifs is 1. The van der Waals surface area contributed by atoms with E-state index in [1.807, 2.05) is 0 Å². The topological polar surface area (TPSA) is 197 Å². The van der Waals surface area contributed by atoms with Crippen molar-refractivity contribution in [2.24, 2.45) is 10.2 Å². The van der Waals surface area contributed by atoms with Crippen molar-refractivity contribution in [3.63, 3.8) is 0 Å². The first kappa shape index (κ1) is 28.6. The van der Waals surface area contributed by atoms with Crippen LogP contribution in [0.15, 0.2) is 68.6 Å². The molecule has 16 heteroatoms. The molecule has 12 nitrogen and oxygen atoms in total. The zero-order chi connectivity index (χ0) is 22.3. The quantitative estimate of drug-likeness (QED) is 0.155. The standard InChI is InChI=1S/C16H11N3O9S2.2Na/c20-16-14(30(26,27)28)7-9-6-12(29(23,24)25)4-5-13(9)15(16)18-17-10-2-1-3-11(8-10)19(21)22;;/h1-8,20H,(H,23,24,25)(H,26,27,28);;. The fourth-order valence-corrected chi connectivity index (χ4v) is 3.70.